The van der Waals surface area contributed by atoms with Gasteiger partial charge in [0.1, 0.15) is 0 Å². The van der Waals surface area contributed by atoms with Crippen molar-refractivity contribution in [2.75, 3.05) is 36.0 Å². The van der Waals surface area contributed by atoms with Gasteiger partial charge >= 0.3 is 12.4 Å². The molecule has 2 rings (SSSR count). The predicted octanol–water partition coefficient (Wildman–Crippen LogP) is 6.65. The molecule has 9 heteroatoms. The highest BCUT2D eigenvalue weighted by molar-refractivity contribution is 6.13. The number of nitrogens with zero attached hydrogens (tertiary/aromatic N) is 2. The number of rotatable bonds is 8. The number of ketones is 1. The van der Waals surface area contributed by atoms with Crippen LogP contribution in [-0.2, 0) is 12.4 Å². The molecule has 0 aliphatic rings. The van der Waals surface area contributed by atoms with E-state index in [2.05, 4.69) is 0 Å². The van der Waals surface area contributed by atoms with Crippen LogP contribution in [0.4, 0.5) is 37.7 Å². The molecule has 2 aromatic carbocycles. The van der Waals surface area contributed by atoms with E-state index in [1.807, 2.05) is 37.5 Å². The molecule has 0 atom stereocenters. The lowest BCUT2D eigenvalue weighted by atomic mass is 9.94. The molecular formula is C23H26F6N2O. The average molecular weight is 460 g/mol. The summed E-state index contributed by atoms with van der Waals surface area (Å²) < 4.78 is 79.8. The summed E-state index contributed by atoms with van der Waals surface area (Å²) in [5.74, 6) is -0.973. The molecule has 0 aliphatic heterocycles. The Hall–Kier alpha value is -2.71. The average Bonchev–Trinajstić information content (AvgIpc) is 2.73. The maximum atomic E-state index is 13.6. The monoisotopic (exact) mass is 460 g/mol. The molecule has 0 spiro atoms. The first-order chi connectivity index (χ1) is 14.9. The molecule has 0 heterocycles. The van der Waals surface area contributed by atoms with Crippen LogP contribution in [0, 0.1) is 0 Å². The van der Waals surface area contributed by atoms with Gasteiger partial charge in [-0.05, 0) is 64.1 Å². The third kappa shape index (κ3) is 5.37. The molecule has 0 amide bonds. The third-order valence-electron chi connectivity index (χ3n) is 5.36. The van der Waals surface area contributed by atoms with Gasteiger partial charge in [0, 0.05) is 48.7 Å². The molecule has 176 valence electrons. The quantitative estimate of drug-likeness (QED) is 0.326. The molecule has 0 saturated heterocycles. The maximum absolute atomic E-state index is 13.6. The first-order valence-corrected chi connectivity index (χ1v) is 10.4. The van der Waals surface area contributed by atoms with Gasteiger partial charge in [-0.3, -0.25) is 4.79 Å². The Morgan fingerprint density at radius 3 is 1.72 bits per heavy atom. The molecule has 0 radical (unpaired) electrons. The number of alkyl halides is 6. The largest absolute Gasteiger partial charge is 0.417 e. The molecule has 2 aromatic rings. The minimum Gasteiger partial charge on any atom is -0.372 e. The summed E-state index contributed by atoms with van der Waals surface area (Å²) in [6, 6.07) is 5.94. The van der Waals surface area contributed by atoms with Gasteiger partial charge in [0.15, 0.2) is 5.78 Å². The Kier molecular flexibility index (Phi) is 7.85. The zero-order valence-electron chi connectivity index (χ0n) is 18.4. The van der Waals surface area contributed by atoms with E-state index in [0.717, 1.165) is 5.69 Å². The molecule has 0 aliphatic carbocycles. The summed E-state index contributed by atoms with van der Waals surface area (Å²) >= 11 is 0. The molecule has 0 N–H and O–H groups in total. The van der Waals surface area contributed by atoms with E-state index in [0.29, 0.717) is 44.0 Å². The maximum Gasteiger partial charge on any atom is 0.417 e. The lowest BCUT2D eigenvalue weighted by Gasteiger charge is -2.28. The lowest BCUT2D eigenvalue weighted by Crippen LogP contribution is -2.27. The summed E-state index contributed by atoms with van der Waals surface area (Å²) in [6.45, 7) is 9.99. The highest BCUT2D eigenvalue weighted by atomic mass is 19.4. The zero-order valence-corrected chi connectivity index (χ0v) is 18.4. The molecule has 0 aromatic heterocycles. The Balaban J connectivity index is 2.71. The molecule has 0 fully saturated rings. The van der Waals surface area contributed by atoms with E-state index < -0.39 is 34.8 Å². The van der Waals surface area contributed by atoms with Crippen molar-refractivity contribution in [1.29, 1.82) is 0 Å². The number of halogens is 6. The molecule has 0 unspecified atom stereocenters. The zero-order chi connectivity index (χ0) is 24.3. The Morgan fingerprint density at radius 1 is 0.719 bits per heavy atom. The van der Waals surface area contributed by atoms with E-state index in [9.17, 15) is 31.1 Å². The SMILES string of the molecule is CCN(CC)c1ccc(C(=O)c2ccc(C(F)(F)F)cc2C(F)(F)F)c(N(CC)CC)c1. The summed E-state index contributed by atoms with van der Waals surface area (Å²) in [7, 11) is 0. The normalized spacial score (nSPS) is 12.1. The van der Waals surface area contributed by atoms with Crippen molar-refractivity contribution >= 4 is 17.2 Å². The smallest absolute Gasteiger partial charge is 0.372 e. The van der Waals surface area contributed by atoms with Crippen molar-refractivity contribution in [3.63, 3.8) is 0 Å². The van der Waals surface area contributed by atoms with Crippen LogP contribution in [0.1, 0.15) is 54.7 Å². The topological polar surface area (TPSA) is 23.6 Å². The van der Waals surface area contributed by atoms with Crippen molar-refractivity contribution < 1.29 is 31.1 Å². The van der Waals surface area contributed by atoms with Gasteiger partial charge in [-0.1, -0.05) is 0 Å². The minimum absolute atomic E-state index is 0.00537. The van der Waals surface area contributed by atoms with Crippen LogP contribution in [0.5, 0.6) is 0 Å². The van der Waals surface area contributed by atoms with Crippen LogP contribution in [0.2, 0.25) is 0 Å². The Morgan fingerprint density at radius 2 is 1.25 bits per heavy atom. The fourth-order valence-corrected chi connectivity index (χ4v) is 3.62. The molecule has 32 heavy (non-hydrogen) atoms. The van der Waals surface area contributed by atoms with Gasteiger partial charge in [-0.25, -0.2) is 0 Å². The second kappa shape index (κ2) is 9.83. The third-order valence-corrected chi connectivity index (χ3v) is 5.36. The minimum atomic E-state index is -5.12. The number of carbonyl (C=O) groups excluding carboxylic acids is 1. The van der Waals surface area contributed by atoms with Crippen LogP contribution < -0.4 is 9.80 Å². The van der Waals surface area contributed by atoms with E-state index in [1.165, 1.54) is 6.07 Å². The van der Waals surface area contributed by atoms with E-state index in [-0.39, 0.29) is 11.6 Å². The van der Waals surface area contributed by atoms with Crippen LogP contribution >= 0.6 is 0 Å². The van der Waals surface area contributed by atoms with Crippen LogP contribution in [-0.4, -0.2) is 32.0 Å². The highest BCUT2D eigenvalue weighted by Gasteiger charge is 2.40. The van der Waals surface area contributed by atoms with Crippen molar-refractivity contribution in [2.24, 2.45) is 0 Å². The number of carbonyl (C=O) groups is 1. The van der Waals surface area contributed by atoms with Crippen LogP contribution in [0.3, 0.4) is 0 Å². The summed E-state index contributed by atoms with van der Waals surface area (Å²) in [4.78, 5) is 17.1. The Bertz CT molecular complexity index is 944. The number of benzene rings is 2. The second-order valence-electron chi connectivity index (χ2n) is 7.13. The molecule has 3 nitrogen and oxygen atoms in total. The first-order valence-electron chi connectivity index (χ1n) is 10.4. The van der Waals surface area contributed by atoms with Crippen LogP contribution in [0.15, 0.2) is 36.4 Å². The van der Waals surface area contributed by atoms with E-state index >= 15 is 0 Å². The fourth-order valence-electron chi connectivity index (χ4n) is 3.62. The van der Waals surface area contributed by atoms with E-state index in [4.69, 9.17) is 0 Å². The predicted molar refractivity (Wildman–Crippen MR) is 113 cm³/mol. The summed E-state index contributed by atoms with van der Waals surface area (Å²) in [6.07, 6.45) is -10.1. The fraction of sp³-hybridized carbons (Fsp3) is 0.435. The summed E-state index contributed by atoms with van der Waals surface area (Å²) in [5, 5.41) is 0. The molecular weight excluding hydrogens is 434 g/mol. The first kappa shape index (κ1) is 25.5. The van der Waals surface area contributed by atoms with Crippen LogP contribution in [0.25, 0.3) is 0 Å². The van der Waals surface area contributed by atoms with Gasteiger partial charge < -0.3 is 9.80 Å². The molecule has 0 saturated carbocycles. The lowest BCUT2D eigenvalue weighted by molar-refractivity contribution is -0.143. The summed E-state index contributed by atoms with van der Waals surface area (Å²) in [5.41, 5.74) is -2.61. The second-order valence-corrected chi connectivity index (χ2v) is 7.13. The standard InChI is InChI=1S/C23H26F6N2O/c1-5-30(6-2)16-10-12-18(20(14-16)31(7-3)8-4)21(32)17-11-9-15(22(24,25)26)13-19(17)23(27,28)29/h9-14H,5-8H2,1-4H3. The Labute approximate surface area is 183 Å². The van der Waals surface area contributed by atoms with Crippen molar-refractivity contribution in [3.05, 3.63) is 58.7 Å². The highest BCUT2D eigenvalue weighted by Crippen LogP contribution is 2.39. The van der Waals surface area contributed by atoms with Gasteiger partial charge in [-0.2, -0.15) is 26.3 Å². The van der Waals surface area contributed by atoms with E-state index in [1.54, 1.807) is 12.1 Å². The number of anilines is 2. The number of hydrogen-bond acceptors (Lipinski definition) is 3. The van der Waals surface area contributed by atoms with Gasteiger partial charge in [0.25, 0.3) is 0 Å². The van der Waals surface area contributed by atoms with Crippen molar-refractivity contribution in [3.8, 4) is 0 Å². The van der Waals surface area contributed by atoms with Crippen molar-refractivity contribution in [2.45, 2.75) is 40.0 Å². The van der Waals surface area contributed by atoms with Crippen molar-refractivity contribution in [1.82, 2.24) is 0 Å². The van der Waals surface area contributed by atoms with Gasteiger partial charge in [-0.15, -0.1) is 0 Å². The van der Waals surface area contributed by atoms with Gasteiger partial charge in [0.2, 0.25) is 0 Å². The molecule has 0 bridgehead atoms. The number of hydrogen-bond donors (Lipinski definition) is 0. The van der Waals surface area contributed by atoms with Gasteiger partial charge in [0.05, 0.1) is 11.1 Å².